The van der Waals surface area contributed by atoms with Crippen molar-refractivity contribution in [1.29, 1.82) is 0 Å². The van der Waals surface area contributed by atoms with Gasteiger partial charge in [-0.3, -0.25) is 4.98 Å². The zero-order chi connectivity index (χ0) is 20.3. The Kier molecular flexibility index (Phi) is 4.17. The predicted molar refractivity (Wildman–Crippen MR) is 112 cm³/mol. The molecule has 1 aliphatic rings. The van der Waals surface area contributed by atoms with Gasteiger partial charge in [0.2, 0.25) is 0 Å². The number of halogens is 2. The number of benzene rings is 2. The van der Waals surface area contributed by atoms with Crippen LogP contribution in [-0.2, 0) is 6.42 Å². The third kappa shape index (κ3) is 2.92. The lowest BCUT2D eigenvalue weighted by atomic mass is 10.00. The van der Waals surface area contributed by atoms with Gasteiger partial charge >= 0.3 is 0 Å². The van der Waals surface area contributed by atoms with Crippen molar-refractivity contribution in [2.75, 3.05) is 13.7 Å². The second kappa shape index (κ2) is 6.52. The molecule has 29 heavy (non-hydrogen) atoms. The van der Waals surface area contributed by atoms with E-state index in [4.69, 9.17) is 21.1 Å². The molecular formula is C21H16ClFN2O3S. The van der Waals surface area contributed by atoms with E-state index in [2.05, 4.69) is 9.97 Å². The highest BCUT2D eigenvalue weighted by Gasteiger charge is 2.38. The third-order valence-electron chi connectivity index (χ3n) is 5.10. The minimum atomic E-state index is -0.831. The molecule has 1 aliphatic heterocycles. The van der Waals surface area contributed by atoms with Gasteiger partial charge in [0.05, 0.1) is 35.6 Å². The number of rotatable bonds is 3. The Morgan fingerprint density at radius 3 is 2.93 bits per heavy atom. The summed E-state index contributed by atoms with van der Waals surface area (Å²) in [6.07, 6.45) is 2.06. The highest BCUT2D eigenvalue weighted by Crippen LogP contribution is 2.45. The Labute approximate surface area is 174 Å². The van der Waals surface area contributed by atoms with Crippen molar-refractivity contribution in [3.8, 4) is 22.1 Å². The standard InChI is InChI=1S/C21H16ClFN2O3S/c1-21(9-26)7-14-18(28-21)15(23)6-16-19(14)29-20(25-16)13-5-11(22)3-10-4-12(27-2)8-24-17(10)13/h3-6,8,26H,7,9H2,1-2H3/t21-/m1/s1. The minimum absolute atomic E-state index is 0.195. The second-order valence-corrected chi connectivity index (χ2v) is 8.76. The van der Waals surface area contributed by atoms with E-state index in [1.165, 1.54) is 17.4 Å². The Morgan fingerprint density at radius 2 is 2.17 bits per heavy atom. The molecule has 2 aromatic heterocycles. The molecule has 0 amide bonds. The summed E-state index contributed by atoms with van der Waals surface area (Å²) in [4.78, 5) is 9.18. The molecule has 8 heteroatoms. The SMILES string of the molecule is COc1cnc2c(-c3nc4cc(F)c5c(c4s3)C[C@](C)(CO)O5)cc(Cl)cc2c1. The number of pyridine rings is 1. The fourth-order valence-electron chi connectivity index (χ4n) is 3.68. The van der Waals surface area contributed by atoms with Gasteiger partial charge in [-0.25, -0.2) is 9.37 Å². The molecule has 0 spiro atoms. The van der Waals surface area contributed by atoms with Crippen LogP contribution >= 0.6 is 22.9 Å². The maximum absolute atomic E-state index is 14.6. The van der Waals surface area contributed by atoms with E-state index in [9.17, 15) is 9.50 Å². The van der Waals surface area contributed by atoms with Gasteiger partial charge in [0.15, 0.2) is 11.6 Å². The molecule has 0 bridgehead atoms. The van der Waals surface area contributed by atoms with Crippen molar-refractivity contribution in [3.05, 3.63) is 46.9 Å². The average molecular weight is 431 g/mol. The largest absolute Gasteiger partial charge is 0.495 e. The summed E-state index contributed by atoms with van der Waals surface area (Å²) >= 11 is 7.78. The fraction of sp³-hybridized carbons (Fsp3) is 0.238. The van der Waals surface area contributed by atoms with Crippen molar-refractivity contribution in [2.24, 2.45) is 0 Å². The average Bonchev–Trinajstić information content (AvgIpc) is 3.28. The van der Waals surface area contributed by atoms with E-state index in [1.807, 2.05) is 18.2 Å². The molecule has 5 nitrogen and oxygen atoms in total. The van der Waals surface area contributed by atoms with Crippen LogP contribution in [0.2, 0.25) is 5.02 Å². The van der Waals surface area contributed by atoms with Crippen LogP contribution in [0.15, 0.2) is 30.5 Å². The van der Waals surface area contributed by atoms with Gasteiger partial charge in [-0.2, -0.15) is 0 Å². The van der Waals surface area contributed by atoms with Gasteiger partial charge in [0, 0.05) is 34.0 Å². The molecule has 5 rings (SSSR count). The highest BCUT2D eigenvalue weighted by molar-refractivity contribution is 7.22. The number of thiazole rings is 1. The Bertz CT molecular complexity index is 1290. The molecule has 0 saturated carbocycles. The smallest absolute Gasteiger partial charge is 0.167 e. The molecule has 0 aliphatic carbocycles. The summed E-state index contributed by atoms with van der Waals surface area (Å²) in [5.74, 6) is 0.360. The summed E-state index contributed by atoms with van der Waals surface area (Å²) in [5, 5.41) is 11.7. The lowest BCUT2D eigenvalue weighted by Gasteiger charge is -2.20. The number of aromatic nitrogens is 2. The maximum atomic E-state index is 14.6. The molecule has 0 fully saturated rings. The lowest BCUT2D eigenvalue weighted by molar-refractivity contribution is 0.0421. The summed E-state index contributed by atoms with van der Waals surface area (Å²) in [7, 11) is 1.58. The van der Waals surface area contributed by atoms with E-state index >= 15 is 0 Å². The molecule has 3 heterocycles. The number of methoxy groups -OCH3 is 1. The Hall–Kier alpha value is -2.48. The first kappa shape index (κ1) is 18.5. The molecule has 0 saturated heterocycles. The fourth-order valence-corrected chi connectivity index (χ4v) is 5.00. The first-order chi connectivity index (χ1) is 13.9. The normalized spacial score (nSPS) is 18.2. The molecule has 4 aromatic rings. The summed E-state index contributed by atoms with van der Waals surface area (Å²) in [6.45, 7) is 1.57. The van der Waals surface area contributed by atoms with Gasteiger partial charge < -0.3 is 14.6 Å². The zero-order valence-electron chi connectivity index (χ0n) is 15.6. The van der Waals surface area contributed by atoms with Gasteiger partial charge in [-0.05, 0) is 25.1 Å². The lowest BCUT2D eigenvalue weighted by Crippen LogP contribution is -2.34. The van der Waals surface area contributed by atoms with E-state index in [0.29, 0.717) is 27.7 Å². The molecular weight excluding hydrogens is 415 g/mol. The van der Waals surface area contributed by atoms with Gasteiger partial charge in [0.25, 0.3) is 0 Å². The van der Waals surface area contributed by atoms with Crippen LogP contribution in [0.3, 0.4) is 0 Å². The van der Waals surface area contributed by atoms with Crippen molar-refractivity contribution in [1.82, 2.24) is 9.97 Å². The van der Waals surface area contributed by atoms with Crippen LogP contribution in [0.4, 0.5) is 4.39 Å². The number of aliphatic hydroxyl groups excluding tert-OH is 1. The number of hydrogen-bond acceptors (Lipinski definition) is 6. The minimum Gasteiger partial charge on any atom is -0.495 e. The number of hydrogen-bond donors (Lipinski definition) is 1. The Morgan fingerprint density at radius 1 is 1.34 bits per heavy atom. The van der Waals surface area contributed by atoms with E-state index in [1.54, 1.807) is 20.2 Å². The second-order valence-electron chi connectivity index (χ2n) is 7.32. The molecule has 0 radical (unpaired) electrons. The number of nitrogens with zero attached hydrogens (tertiary/aromatic N) is 2. The summed E-state index contributed by atoms with van der Waals surface area (Å²) < 4.78 is 26.4. The first-order valence-electron chi connectivity index (χ1n) is 8.96. The highest BCUT2D eigenvalue weighted by atomic mass is 35.5. The summed E-state index contributed by atoms with van der Waals surface area (Å²) in [6, 6.07) is 6.87. The predicted octanol–water partition coefficient (Wildman–Crippen LogP) is 5.00. The van der Waals surface area contributed by atoms with Crippen LogP contribution in [0.5, 0.6) is 11.5 Å². The molecule has 148 valence electrons. The van der Waals surface area contributed by atoms with Crippen molar-refractivity contribution in [2.45, 2.75) is 18.9 Å². The van der Waals surface area contributed by atoms with Crippen LogP contribution in [0.1, 0.15) is 12.5 Å². The van der Waals surface area contributed by atoms with Crippen LogP contribution < -0.4 is 9.47 Å². The van der Waals surface area contributed by atoms with Crippen molar-refractivity contribution in [3.63, 3.8) is 0 Å². The zero-order valence-corrected chi connectivity index (χ0v) is 17.2. The molecule has 1 N–H and O–H groups in total. The number of fused-ring (bicyclic) bond motifs is 4. The number of ether oxygens (including phenoxy) is 2. The monoisotopic (exact) mass is 430 g/mol. The van der Waals surface area contributed by atoms with E-state index < -0.39 is 11.4 Å². The van der Waals surface area contributed by atoms with Crippen molar-refractivity contribution < 1.29 is 19.0 Å². The topological polar surface area (TPSA) is 64.5 Å². The summed E-state index contributed by atoms with van der Waals surface area (Å²) in [5.41, 5.74) is 1.97. The van der Waals surface area contributed by atoms with Gasteiger partial charge in [0.1, 0.15) is 16.4 Å². The Balaban J connectivity index is 1.73. The van der Waals surface area contributed by atoms with Crippen LogP contribution in [0, 0.1) is 5.82 Å². The first-order valence-corrected chi connectivity index (χ1v) is 10.2. The van der Waals surface area contributed by atoms with E-state index in [-0.39, 0.29) is 12.4 Å². The maximum Gasteiger partial charge on any atom is 0.167 e. The van der Waals surface area contributed by atoms with Crippen LogP contribution in [-0.4, -0.2) is 34.4 Å². The molecule has 1 atom stereocenters. The number of aliphatic hydroxyl groups is 1. The molecule has 2 aromatic carbocycles. The van der Waals surface area contributed by atoms with Gasteiger partial charge in [-0.1, -0.05) is 11.6 Å². The van der Waals surface area contributed by atoms with Crippen LogP contribution in [0.25, 0.3) is 31.7 Å². The molecule has 0 unspecified atom stereocenters. The van der Waals surface area contributed by atoms with Crippen molar-refractivity contribution >= 4 is 44.1 Å². The third-order valence-corrected chi connectivity index (χ3v) is 6.49. The quantitative estimate of drug-likeness (QED) is 0.495. The van der Waals surface area contributed by atoms with Gasteiger partial charge in [-0.15, -0.1) is 11.3 Å². The van der Waals surface area contributed by atoms with E-state index in [0.717, 1.165) is 26.7 Å².